The van der Waals surface area contributed by atoms with Gasteiger partial charge >= 0.3 is 0 Å². The molecule has 4 heteroatoms. The van der Waals surface area contributed by atoms with E-state index in [1.165, 1.54) is 12.3 Å². The zero-order valence-electron chi connectivity index (χ0n) is 4.32. The second-order valence-corrected chi connectivity index (χ2v) is 2.26. The van der Waals surface area contributed by atoms with Crippen LogP contribution in [0.3, 0.4) is 0 Å². The fraction of sp³-hybridized carbons (Fsp3) is 0. The van der Waals surface area contributed by atoms with Crippen molar-refractivity contribution in [2.45, 2.75) is 0 Å². The maximum absolute atomic E-state index is 12.3. The summed E-state index contributed by atoms with van der Waals surface area (Å²) in [6, 6.07) is 1.24. The van der Waals surface area contributed by atoms with Crippen molar-refractivity contribution in [2.75, 3.05) is 0 Å². The Labute approximate surface area is 58.8 Å². The first-order valence-corrected chi connectivity index (χ1v) is 3.04. The number of pyridine rings is 1. The van der Waals surface area contributed by atoms with Crippen molar-refractivity contribution in [3.63, 3.8) is 0 Å². The molecule has 1 heterocycles. The number of halogens is 2. The highest BCUT2D eigenvalue weighted by Gasteiger charge is 1.99. The molecule has 0 radical (unpaired) electrons. The molecule has 0 saturated heterocycles. The van der Waals surface area contributed by atoms with Gasteiger partial charge in [0.05, 0.1) is 0 Å². The van der Waals surface area contributed by atoms with Gasteiger partial charge in [0.25, 0.3) is 0 Å². The van der Waals surface area contributed by atoms with Gasteiger partial charge in [0.15, 0.2) is 5.43 Å². The molecule has 2 nitrogen and oxygen atoms in total. The molecule has 0 amide bonds. The molecule has 0 atom stereocenters. The molecule has 0 spiro atoms. The van der Waals surface area contributed by atoms with E-state index in [1.807, 2.05) is 0 Å². The van der Waals surface area contributed by atoms with E-state index in [4.69, 9.17) is 0 Å². The predicted molar refractivity (Wildman–Crippen MR) is 34.7 cm³/mol. The predicted octanol–water partition coefficient (Wildman–Crippen LogP) is 1.28. The number of nitrogens with one attached hydrogen (secondary N) is 1. The van der Waals surface area contributed by atoms with Gasteiger partial charge in [0, 0.05) is 12.3 Å². The standard InChI is InChI=1S/C5H3BrFNO/c6-4-3(9)1-2-8-5(4)7/h1-2H,(H,8,9). The van der Waals surface area contributed by atoms with E-state index in [-0.39, 0.29) is 9.90 Å². The summed E-state index contributed by atoms with van der Waals surface area (Å²) in [6.45, 7) is 0. The summed E-state index contributed by atoms with van der Waals surface area (Å²) in [6.07, 6.45) is 1.25. The van der Waals surface area contributed by atoms with E-state index in [9.17, 15) is 9.18 Å². The van der Waals surface area contributed by atoms with Crippen LogP contribution >= 0.6 is 15.9 Å². The molecule has 1 N–H and O–H groups in total. The lowest BCUT2D eigenvalue weighted by Gasteiger charge is -1.88. The first-order valence-electron chi connectivity index (χ1n) is 2.24. The van der Waals surface area contributed by atoms with Crippen LogP contribution < -0.4 is 5.43 Å². The molecule has 0 aliphatic rings. The summed E-state index contributed by atoms with van der Waals surface area (Å²) in [5, 5.41) is 0. The lowest BCUT2D eigenvalue weighted by Crippen LogP contribution is -2.02. The van der Waals surface area contributed by atoms with Gasteiger partial charge in [-0.25, -0.2) is 0 Å². The molecule has 0 fully saturated rings. The Morgan fingerprint density at radius 3 is 2.78 bits per heavy atom. The van der Waals surface area contributed by atoms with E-state index < -0.39 is 5.95 Å². The number of aromatic amines is 1. The van der Waals surface area contributed by atoms with Crippen LogP contribution in [0.15, 0.2) is 21.5 Å². The van der Waals surface area contributed by atoms with Crippen molar-refractivity contribution in [2.24, 2.45) is 0 Å². The van der Waals surface area contributed by atoms with Crippen molar-refractivity contribution in [1.29, 1.82) is 0 Å². The van der Waals surface area contributed by atoms with Gasteiger partial charge in [-0.3, -0.25) is 4.79 Å². The lowest BCUT2D eigenvalue weighted by molar-refractivity contribution is 0.575. The van der Waals surface area contributed by atoms with E-state index >= 15 is 0 Å². The smallest absolute Gasteiger partial charge is 0.209 e. The third-order valence-electron chi connectivity index (χ3n) is 0.854. The largest absolute Gasteiger partial charge is 0.337 e. The van der Waals surface area contributed by atoms with Crippen molar-refractivity contribution >= 4 is 15.9 Å². The molecule has 0 aliphatic heterocycles. The van der Waals surface area contributed by atoms with Gasteiger partial charge in [-0.2, -0.15) is 4.39 Å². The van der Waals surface area contributed by atoms with Gasteiger partial charge in [-0.05, 0) is 15.9 Å². The number of rotatable bonds is 0. The van der Waals surface area contributed by atoms with Crippen LogP contribution in [-0.4, -0.2) is 4.98 Å². The Bertz CT molecular complexity index is 270. The van der Waals surface area contributed by atoms with Crippen LogP contribution in [-0.2, 0) is 0 Å². The Morgan fingerprint density at radius 1 is 1.67 bits per heavy atom. The average molecular weight is 192 g/mol. The molecule has 0 aliphatic carbocycles. The van der Waals surface area contributed by atoms with Gasteiger partial charge < -0.3 is 4.98 Å². The van der Waals surface area contributed by atoms with Crippen LogP contribution in [0.1, 0.15) is 0 Å². The summed E-state index contributed by atoms with van der Waals surface area (Å²) in [5.74, 6) is -0.637. The monoisotopic (exact) mass is 191 g/mol. The molecule has 1 rings (SSSR count). The van der Waals surface area contributed by atoms with Crippen molar-refractivity contribution in [3.05, 3.63) is 32.9 Å². The summed E-state index contributed by atoms with van der Waals surface area (Å²) in [5.41, 5.74) is -0.355. The van der Waals surface area contributed by atoms with Crippen molar-refractivity contribution < 1.29 is 4.39 Å². The van der Waals surface area contributed by atoms with E-state index in [0.717, 1.165) is 0 Å². The van der Waals surface area contributed by atoms with Crippen LogP contribution in [0.5, 0.6) is 0 Å². The van der Waals surface area contributed by atoms with Crippen LogP contribution in [0.25, 0.3) is 0 Å². The second-order valence-electron chi connectivity index (χ2n) is 1.47. The molecular formula is C5H3BrFNO. The summed E-state index contributed by atoms with van der Waals surface area (Å²) >= 11 is 2.76. The molecule has 1 aromatic heterocycles. The fourth-order valence-electron chi connectivity index (χ4n) is 0.435. The number of hydrogen-bond donors (Lipinski definition) is 1. The zero-order valence-corrected chi connectivity index (χ0v) is 5.90. The normalized spacial score (nSPS) is 9.56. The Hall–Kier alpha value is -0.640. The Balaban J connectivity index is 3.43. The third kappa shape index (κ3) is 1.18. The average Bonchev–Trinajstić information content (AvgIpc) is 1.83. The van der Waals surface area contributed by atoms with E-state index in [2.05, 4.69) is 20.9 Å². The maximum Gasteiger partial charge on any atom is 0.209 e. The molecule has 48 valence electrons. The van der Waals surface area contributed by atoms with Crippen molar-refractivity contribution in [1.82, 2.24) is 4.98 Å². The highest BCUT2D eigenvalue weighted by Crippen LogP contribution is 2.04. The first kappa shape index (κ1) is 6.48. The van der Waals surface area contributed by atoms with Crippen molar-refractivity contribution in [3.8, 4) is 0 Å². The van der Waals surface area contributed by atoms with Gasteiger partial charge in [0.2, 0.25) is 5.95 Å². The molecule has 1 aromatic rings. The minimum absolute atomic E-state index is 0.0509. The molecular weight excluding hydrogens is 189 g/mol. The quantitative estimate of drug-likeness (QED) is 0.617. The van der Waals surface area contributed by atoms with Gasteiger partial charge in [-0.1, -0.05) is 0 Å². The molecule has 0 unspecified atom stereocenters. The fourth-order valence-corrected chi connectivity index (χ4v) is 0.682. The highest BCUT2D eigenvalue weighted by molar-refractivity contribution is 9.10. The number of aromatic nitrogens is 1. The molecule has 0 saturated carbocycles. The van der Waals surface area contributed by atoms with Crippen LogP contribution in [0, 0.1) is 5.95 Å². The Kier molecular flexibility index (Phi) is 1.66. The van der Waals surface area contributed by atoms with Crippen LogP contribution in [0.2, 0.25) is 0 Å². The molecule has 9 heavy (non-hydrogen) atoms. The summed E-state index contributed by atoms with van der Waals surface area (Å²) < 4.78 is 12.2. The Morgan fingerprint density at radius 2 is 2.33 bits per heavy atom. The van der Waals surface area contributed by atoms with E-state index in [0.29, 0.717) is 0 Å². The number of H-pyrrole nitrogens is 1. The lowest BCUT2D eigenvalue weighted by atomic mass is 10.5. The summed E-state index contributed by atoms with van der Waals surface area (Å²) in [4.78, 5) is 12.8. The minimum atomic E-state index is -0.637. The highest BCUT2D eigenvalue weighted by atomic mass is 79.9. The maximum atomic E-state index is 12.3. The molecule has 0 bridgehead atoms. The van der Waals surface area contributed by atoms with Gasteiger partial charge in [0.1, 0.15) is 4.47 Å². The van der Waals surface area contributed by atoms with Gasteiger partial charge in [-0.15, -0.1) is 0 Å². The molecule has 0 aromatic carbocycles. The third-order valence-corrected chi connectivity index (χ3v) is 1.59. The van der Waals surface area contributed by atoms with E-state index in [1.54, 1.807) is 0 Å². The zero-order chi connectivity index (χ0) is 6.85. The second kappa shape index (κ2) is 2.31. The minimum Gasteiger partial charge on any atom is -0.337 e. The SMILES string of the molecule is O=c1cc[nH]c(F)c1Br. The summed E-state index contributed by atoms with van der Waals surface area (Å²) in [7, 11) is 0. The first-order chi connectivity index (χ1) is 4.22. The van der Waals surface area contributed by atoms with Crippen LogP contribution in [0.4, 0.5) is 4.39 Å². The topological polar surface area (TPSA) is 32.9 Å². The number of hydrogen-bond acceptors (Lipinski definition) is 1.